The van der Waals surface area contributed by atoms with Crippen molar-refractivity contribution in [3.05, 3.63) is 0 Å². The number of amides is 1. The molecule has 5 rings (SSSR count). The SMILES string of the molecule is CC1(O)CCN(C(=O)CC23CC4CC(CC(C4)C2)C3)CC1. The fourth-order valence-electron chi connectivity index (χ4n) is 6.18. The molecular weight excluding hydrogens is 262 g/mol. The molecule has 0 atom stereocenters. The van der Waals surface area contributed by atoms with E-state index >= 15 is 0 Å². The zero-order valence-corrected chi connectivity index (χ0v) is 13.3. The van der Waals surface area contributed by atoms with Gasteiger partial charge in [-0.05, 0) is 81.5 Å². The molecule has 0 aromatic rings. The van der Waals surface area contributed by atoms with E-state index in [1.54, 1.807) is 0 Å². The van der Waals surface area contributed by atoms with Crippen molar-refractivity contribution in [1.82, 2.24) is 4.90 Å². The fourth-order valence-corrected chi connectivity index (χ4v) is 6.18. The van der Waals surface area contributed by atoms with Crippen LogP contribution in [-0.2, 0) is 4.79 Å². The van der Waals surface area contributed by atoms with Crippen LogP contribution in [0.5, 0.6) is 0 Å². The van der Waals surface area contributed by atoms with Crippen LogP contribution in [0.25, 0.3) is 0 Å². The van der Waals surface area contributed by atoms with E-state index in [4.69, 9.17) is 0 Å². The molecule has 21 heavy (non-hydrogen) atoms. The Balaban J connectivity index is 1.41. The Morgan fingerprint density at radius 2 is 1.52 bits per heavy atom. The van der Waals surface area contributed by atoms with Gasteiger partial charge in [-0.3, -0.25) is 4.79 Å². The molecule has 1 saturated heterocycles. The monoisotopic (exact) mass is 291 g/mol. The van der Waals surface area contributed by atoms with Gasteiger partial charge in [-0.2, -0.15) is 0 Å². The molecule has 4 bridgehead atoms. The van der Waals surface area contributed by atoms with E-state index in [0.717, 1.165) is 50.1 Å². The zero-order valence-electron chi connectivity index (χ0n) is 13.3. The predicted octanol–water partition coefficient (Wildman–Crippen LogP) is 2.97. The molecule has 1 amide bonds. The lowest BCUT2D eigenvalue weighted by Gasteiger charge is -2.57. The smallest absolute Gasteiger partial charge is 0.223 e. The highest BCUT2D eigenvalue weighted by molar-refractivity contribution is 5.77. The van der Waals surface area contributed by atoms with Gasteiger partial charge in [0.05, 0.1) is 5.60 Å². The Labute approximate surface area is 128 Å². The third-order valence-electron chi connectivity index (χ3n) is 6.88. The number of piperidine rings is 1. The Bertz CT molecular complexity index is 397. The second kappa shape index (κ2) is 4.71. The summed E-state index contributed by atoms with van der Waals surface area (Å²) in [5.41, 5.74) is -0.205. The Morgan fingerprint density at radius 1 is 1.05 bits per heavy atom. The highest BCUT2D eigenvalue weighted by atomic mass is 16.3. The van der Waals surface area contributed by atoms with Crippen LogP contribution in [0.3, 0.4) is 0 Å². The van der Waals surface area contributed by atoms with Gasteiger partial charge < -0.3 is 10.0 Å². The number of hydrogen-bond donors (Lipinski definition) is 1. The largest absolute Gasteiger partial charge is 0.390 e. The maximum atomic E-state index is 12.7. The van der Waals surface area contributed by atoms with Crippen molar-refractivity contribution in [2.45, 2.75) is 70.3 Å². The number of likely N-dealkylation sites (tertiary alicyclic amines) is 1. The lowest BCUT2D eigenvalue weighted by Crippen LogP contribution is -2.50. The maximum Gasteiger partial charge on any atom is 0.223 e. The highest BCUT2D eigenvalue weighted by Gasteiger charge is 2.51. The predicted molar refractivity (Wildman–Crippen MR) is 81.7 cm³/mol. The first-order valence-electron chi connectivity index (χ1n) is 8.93. The van der Waals surface area contributed by atoms with Crippen molar-refractivity contribution in [2.75, 3.05) is 13.1 Å². The van der Waals surface area contributed by atoms with Gasteiger partial charge in [0.2, 0.25) is 5.91 Å². The Morgan fingerprint density at radius 3 is 2.00 bits per heavy atom. The van der Waals surface area contributed by atoms with Gasteiger partial charge in [-0.1, -0.05) is 0 Å². The van der Waals surface area contributed by atoms with Crippen LogP contribution in [0.1, 0.15) is 64.7 Å². The summed E-state index contributed by atoms with van der Waals surface area (Å²) in [5.74, 6) is 3.14. The molecule has 4 aliphatic carbocycles. The normalized spacial score (nSPS) is 44.1. The third kappa shape index (κ3) is 2.62. The van der Waals surface area contributed by atoms with Gasteiger partial charge in [0.25, 0.3) is 0 Å². The summed E-state index contributed by atoms with van der Waals surface area (Å²) in [6.45, 7) is 3.39. The number of rotatable bonds is 2. The van der Waals surface area contributed by atoms with E-state index in [9.17, 15) is 9.90 Å². The molecule has 5 fully saturated rings. The van der Waals surface area contributed by atoms with E-state index < -0.39 is 5.60 Å². The molecule has 1 heterocycles. The molecule has 0 radical (unpaired) electrons. The minimum absolute atomic E-state index is 0.353. The average Bonchev–Trinajstić information content (AvgIpc) is 2.35. The van der Waals surface area contributed by atoms with Gasteiger partial charge in [0.15, 0.2) is 0 Å². The van der Waals surface area contributed by atoms with Crippen LogP contribution in [0, 0.1) is 23.2 Å². The number of hydrogen-bond acceptors (Lipinski definition) is 2. The van der Waals surface area contributed by atoms with Crippen LogP contribution in [0.4, 0.5) is 0 Å². The van der Waals surface area contributed by atoms with Crippen LogP contribution in [0.15, 0.2) is 0 Å². The topological polar surface area (TPSA) is 40.5 Å². The summed E-state index contributed by atoms with van der Waals surface area (Å²) in [7, 11) is 0. The number of carbonyl (C=O) groups is 1. The van der Waals surface area contributed by atoms with Crippen LogP contribution in [0.2, 0.25) is 0 Å². The standard InChI is InChI=1S/C18H29NO2/c1-17(21)2-4-19(5-3-17)16(20)12-18-9-13-6-14(10-18)8-15(7-13)11-18/h13-15,21H,2-12H2,1H3. The third-order valence-corrected chi connectivity index (χ3v) is 6.88. The van der Waals surface area contributed by atoms with E-state index in [-0.39, 0.29) is 0 Å². The molecule has 0 unspecified atom stereocenters. The average molecular weight is 291 g/mol. The van der Waals surface area contributed by atoms with E-state index in [2.05, 4.69) is 0 Å². The van der Waals surface area contributed by atoms with Gasteiger partial charge in [0.1, 0.15) is 0 Å². The molecule has 4 saturated carbocycles. The van der Waals surface area contributed by atoms with E-state index in [1.165, 1.54) is 38.5 Å². The second-order valence-electron chi connectivity index (χ2n) is 8.97. The number of carbonyl (C=O) groups excluding carboxylic acids is 1. The van der Waals surface area contributed by atoms with Crippen molar-refractivity contribution in [3.8, 4) is 0 Å². The lowest BCUT2D eigenvalue weighted by atomic mass is 9.49. The van der Waals surface area contributed by atoms with E-state index in [1.807, 2.05) is 11.8 Å². The number of nitrogens with zero attached hydrogens (tertiary/aromatic N) is 1. The highest BCUT2D eigenvalue weighted by Crippen LogP contribution is 2.61. The van der Waals surface area contributed by atoms with Gasteiger partial charge in [0, 0.05) is 19.5 Å². The minimum Gasteiger partial charge on any atom is -0.390 e. The molecule has 118 valence electrons. The minimum atomic E-state index is -0.558. The van der Waals surface area contributed by atoms with Crippen LogP contribution < -0.4 is 0 Å². The van der Waals surface area contributed by atoms with E-state index in [0.29, 0.717) is 11.3 Å². The first-order chi connectivity index (χ1) is 9.93. The molecule has 3 heteroatoms. The van der Waals surface area contributed by atoms with Crippen LogP contribution in [-0.4, -0.2) is 34.6 Å². The summed E-state index contributed by atoms with van der Waals surface area (Å²) < 4.78 is 0. The molecule has 0 aromatic heterocycles. The quantitative estimate of drug-likeness (QED) is 0.849. The van der Waals surface area contributed by atoms with Gasteiger partial charge in [-0.15, -0.1) is 0 Å². The van der Waals surface area contributed by atoms with Crippen molar-refractivity contribution >= 4 is 5.91 Å². The maximum absolute atomic E-state index is 12.7. The van der Waals surface area contributed by atoms with Crippen molar-refractivity contribution < 1.29 is 9.90 Å². The molecule has 1 N–H and O–H groups in total. The molecule has 5 aliphatic rings. The molecule has 3 nitrogen and oxygen atoms in total. The second-order valence-corrected chi connectivity index (χ2v) is 8.97. The number of aliphatic hydroxyl groups is 1. The summed E-state index contributed by atoms with van der Waals surface area (Å²) >= 11 is 0. The van der Waals surface area contributed by atoms with Gasteiger partial charge >= 0.3 is 0 Å². The molecule has 1 aliphatic heterocycles. The van der Waals surface area contributed by atoms with Crippen molar-refractivity contribution in [2.24, 2.45) is 23.2 Å². The Hall–Kier alpha value is -0.570. The first kappa shape index (κ1) is 14.0. The fraction of sp³-hybridized carbons (Fsp3) is 0.944. The summed E-state index contributed by atoms with van der Waals surface area (Å²) in [6, 6.07) is 0. The molecular formula is C18H29NO2. The first-order valence-corrected chi connectivity index (χ1v) is 8.93. The summed E-state index contributed by atoms with van der Waals surface area (Å²) in [5, 5.41) is 10.0. The van der Waals surface area contributed by atoms with Crippen molar-refractivity contribution in [3.63, 3.8) is 0 Å². The van der Waals surface area contributed by atoms with Crippen molar-refractivity contribution in [1.29, 1.82) is 0 Å². The van der Waals surface area contributed by atoms with Gasteiger partial charge in [-0.25, -0.2) is 0 Å². The summed E-state index contributed by atoms with van der Waals surface area (Å²) in [4.78, 5) is 14.8. The van der Waals surface area contributed by atoms with Crippen LogP contribution >= 0.6 is 0 Å². The molecule has 0 aromatic carbocycles. The molecule has 0 spiro atoms. The zero-order chi connectivity index (χ0) is 14.7. The summed E-state index contributed by atoms with van der Waals surface area (Å²) in [6.07, 6.45) is 10.5. The lowest BCUT2D eigenvalue weighted by molar-refractivity contribution is -0.143. The Kier molecular flexibility index (Phi) is 3.15.